The van der Waals surface area contributed by atoms with Crippen LogP contribution in [0.4, 0.5) is 0 Å². The molecule has 0 radical (unpaired) electrons. The average Bonchev–Trinajstić information content (AvgIpc) is 2.62. The zero-order valence-corrected chi connectivity index (χ0v) is 8.21. The van der Waals surface area contributed by atoms with Gasteiger partial charge in [-0.1, -0.05) is 0 Å². The van der Waals surface area contributed by atoms with Crippen LogP contribution in [-0.2, 0) is 0 Å². The highest BCUT2D eigenvalue weighted by Crippen LogP contribution is 2.48. The predicted octanol–water partition coefficient (Wildman–Crippen LogP) is 1.24. The van der Waals surface area contributed by atoms with E-state index >= 15 is 0 Å². The summed E-state index contributed by atoms with van der Waals surface area (Å²) in [5.74, 6) is 1.000. The Hall–Kier alpha value is -0.0800. The van der Waals surface area contributed by atoms with Crippen molar-refractivity contribution in [3.8, 4) is 0 Å². The van der Waals surface area contributed by atoms with Crippen LogP contribution in [0.2, 0.25) is 0 Å². The molecule has 74 valence electrons. The minimum atomic E-state index is 0.338. The first kappa shape index (κ1) is 8.25. The molecule has 2 heteroatoms. The Morgan fingerprint density at radius 2 is 2.15 bits per heavy atom. The lowest BCUT2D eigenvalue weighted by atomic mass is 10.1. The summed E-state index contributed by atoms with van der Waals surface area (Å²) in [5.41, 5.74) is 0.338. The van der Waals surface area contributed by atoms with Gasteiger partial charge in [-0.25, -0.2) is 0 Å². The summed E-state index contributed by atoms with van der Waals surface area (Å²) in [7, 11) is 0. The van der Waals surface area contributed by atoms with Gasteiger partial charge in [-0.15, -0.1) is 0 Å². The van der Waals surface area contributed by atoms with Gasteiger partial charge in [0.05, 0.1) is 0 Å². The minimum absolute atomic E-state index is 0.338. The van der Waals surface area contributed by atoms with Crippen LogP contribution in [0.5, 0.6) is 0 Å². The third kappa shape index (κ3) is 1.31. The maximum atomic E-state index is 9.26. The first-order valence-electron chi connectivity index (χ1n) is 5.66. The maximum Gasteiger partial charge on any atom is 0.0499 e. The molecule has 2 aliphatic carbocycles. The number of hydrogen-bond donors (Lipinski definition) is 1. The number of aliphatic hydroxyl groups is 1. The van der Waals surface area contributed by atoms with Crippen molar-refractivity contribution in [1.29, 1.82) is 0 Å². The molecule has 1 aliphatic heterocycles. The fraction of sp³-hybridized carbons (Fsp3) is 1.00. The molecule has 3 rings (SSSR count). The number of rotatable bonds is 3. The van der Waals surface area contributed by atoms with E-state index in [9.17, 15) is 5.11 Å². The lowest BCUT2D eigenvalue weighted by Gasteiger charge is -2.30. The highest BCUT2D eigenvalue weighted by atomic mass is 16.3. The Morgan fingerprint density at radius 3 is 2.62 bits per heavy atom. The Kier molecular flexibility index (Phi) is 1.72. The van der Waals surface area contributed by atoms with Crippen molar-refractivity contribution in [2.75, 3.05) is 19.7 Å². The SMILES string of the molecule is OCC1(CN2C[C@@H]3CC[C@H]2C3)CC1. The molecule has 13 heavy (non-hydrogen) atoms. The molecule has 3 aliphatic rings. The fourth-order valence-electron chi connectivity index (χ4n) is 3.19. The second-order valence-electron chi connectivity index (χ2n) is 5.42. The molecule has 0 aromatic heterocycles. The molecule has 2 atom stereocenters. The maximum absolute atomic E-state index is 9.26. The van der Waals surface area contributed by atoms with Crippen molar-refractivity contribution < 1.29 is 5.11 Å². The Bertz CT molecular complexity index is 212. The van der Waals surface area contributed by atoms with Gasteiger partial charge in [0.15, 0.2) is 0 Å². The van der Waals surface area contributed by atoms with E-state index in [0.717, 1.165) is 12.0 Å². The van der Waals surface area contributed by atoms with E-state index in [1.807, 2.05) is 0 Å². The summed E-state index contributed by atoms with van der Waals surface area (Å²) in [6.07, 6.45) is 6.86. The highest BCUT2D eigenvalue weighted by Gasteiger charge is 2.47. The molecule has 2 bridgehead atoms. The molecule has 1 heterocycles. The lowest BCUT2D eigenvalue weighted by molar-refractivity contribution is 0.125. The molecule has 1 saturated heterocycles. The summed E-state index contributed by atoms with van der Waals surface area (Å²) in [4.78, 5) is 2.65. The van der Waals surface area contributed by atoms with Crippen LogP contribution < -0.4 is 0 Å². The van der Waals surface area contributed by atoms with Crippen LogP contribution in [0.1, 0.15) is 32.1 Å². The second kappa shape index (κ2) is 2.71. The van der Waals surface area contributed by atoms with Gasteiger partial charge in [-0.05, 0) is 38.0 Å². The fourth-order valence-corrected chi connectivity index (χ4v) is 3.19. The molecule has 2 nitrogen and oxygen atoms in total. The van der Waals surface area contributed by atoms with Gasteiger partial charge >= 0.3 is 0 Å². The van der Waals surface area contributed by atoms with E-state index < -0.39 is 0 Å². The minimum Gasteiger partial charge on any atom is -0.396 e. The number of hydrogen-bond acceptors (Lipinski definition) is 2. The third-order valence-corrected chi connectivity index (χ3v) is 4.35. The van der Waals surface area contributed by atoms with Crippen molar-refractivity contribution in [1.82, 2.24) is 4.90 Å². The highest BCUT2D eigenvalue weighted by molar-refractivity contribution is 5.00. The van der Waals surface area contributed by atoms with Crippen LogP contribution in [0.15, 0.2) is 0 Å². The molecular formula is C11H19NO. The van der Waals surface area contributed by atoms with Crippen molar-refractivity contribution >= 4 is 0 Å². The molecular weight excluding hydrogens is 162 g/mol. The van der Waals surface area contributed by atoms with Crippen LogP contribution in [0.25, 0.3) is 0 Å². The van der Waals surface area contributed by atoms with E-state index in [4.69, 9.17) is 0 Å². The van der Waals surface area contributed by atoms with E-state index in [2.05, 4.69) is 4.90 Å². The second-order valence-corrected chi connectivity index (χ2v) is 5.42. The molecule has 0 spiro atoms. The summed E-state index contributed by atoms with van der Waals surface area (Å²) < 4.78 is 0. The van der Waals surface area contributed by atoms with E-state index in [0.29, 0.717) is 12.0 Å². The van der Waals surface area contributed by atoms with E-state index in [-0.39, 0.29) is 0 Å². The summed E-state index contributed by atoms with van der Waals surface area (Å²) >= 11 is 0. The largest absolute Gasteiger partial charge is 0.396 e. The lowest BCUT2D eigenvalue weighted by Crippen LogP contribution is -2.37. The van der Waals surface area contributed by atoms with Crippen LogP contribution in [0.3, 0.4) is 0 Å². The zero-order chi connectivity index (χ0) is 8.89. The first-order valence-corrected chi connectivity index (χ1v) is 5.66. The molecule has 0 aromatic rings. The smallest absolute Gasteiger partial charge is 0.0499 e. The van der Waals surface area contributed by atoms with E-state index in [1.165, 1.54) is 45.2 Å². The predicted molar refractivity (Wildman–Crippen MR) is 51.5 cm³/mol. The summed E-state index contributed by atoms with van der Waals surface area (Å²) in [5, 5.41) is 9.26. The Morgan fingerprint density at radius 1 is 1.31 bits per heavy atom. The summed E-state index contributed by atoms with van der Waals surface area (Å²) in [6.45, 7) is 2.93. The standard InChI is InChI=1S/C11H19NO/c13-8-11(3-4-11)7-12-6-9-1-2-10(12)5-9/h9-10,13H,1-8H2/t9-,10+/m1/s1. The van der Waals surface area contributed by atoms with Gasteiger partial charge in [0.2, 0.25) is 0 Å². The zero-order valence-electron chi connectivity index (χ0n) is 8.21. The summed E-state index contributed by atoms with van der Waals surface area (Å²) in [6, 6.07) is 0.883. The number of likely N-dealkylation sites (tertiary alicyclic amines) is 1. The van der Waals surface area contributed by atoms with Crippen molar-refractivity contribution in [2.24, 2.45) is 11.3 Å². The van der Waals surface area contributed by atoms with Crippen LogP contribution >= 0.6 is 0 Å². The third-order valence-electron chi connectivity index (χ3n) is 4.35. The van der Waals surface area contributed by atoms with Crippen molar-refractivity contribution in [2.45, 2.75) is 38.1 Å². The number of aliphatic hydroxyl groups excluding tert-OH is 1. The molecule has 3 fully saturated rings. The van der Waals surface area contributed by atoms with Crippen LogP contribution in [0, 0.1) is 11.3 Å². The number of fused-ring (bicyclic) bond motifs is 2. The van der Waals surface area contributed by atoms with Crippen molar-refractivity contribution in [3.05, 3.63) is 0 Å². The quantitative estimate of drug-likeness (QED) is 0.708. The van der Waals surface area contributed by atoms with Gasteiger partial charge in [0.1, 0.15) is 0 Å². The molecule has 0 aromatic carbocycles. The van der Waals surface area contributed by atoms with Gasteiger partial charge in [0, 0.05) is 31.2 Å². The topological polar surface area (TPSA) is 23.5 Å². The molecule has 2 saturated carbocycles. The molecule has 1 N–H and O–H groups in total. The Labute approximate surface area is 79.9 Å². The van der Waals surface area contributed by atoms with Crippen molar-refractivity contribution in [3.63, 3.8) is 0 Å². The van der Waals surface area contributed by atoms with Gasteiger partial charge in [0.25, 0.3) is 0 Å². The monoisotopic (exact) mass is 181 g/mol. The number of nitrogens with zero attached hydrogens (tertiary/aromatic N) is 1. The number of piperidine rings is 1. The van der Waals surface area contributed by atoms with Gasteiger partial charge in [-0.3, -0.25) is 4.90 Å². The Balaban J connectivity index is 1.62. The van der Waals surface area contributed by atoms with E-state index in [1.54, 1.807) is 0 Å². The first-order chi connectivity index (χ1) is 6.31. The van der Waals surface area contributed by atoms with Gasteiger partial charge in [-0.2, -0.15) is 0 Å². The van der Waals surface area contributed by atoms with Crippen LogP contribution in [-0.4, -0.2) is 35.7 Å². The van der Waals surface area contributed by atoms with Gasteiger partial charge < -0.3 is 5.11 Å². The average molecular weight is 181 g/mol. The molecule has 0 amide bonds. The molecule has 0 unspecified atom stereocenters. The normalized spacial score (nSPS) is 41.3.